The van der Waals surface area contributed by atoms with Crippen molar-refractivity contribution < 1.29 is 0 Å². The topological polar surface area (TPSA) is 42.2 Å². The Hall–Kier alpha value is -0.940. The smallest absolute Gasteiger partial charge is 0.0551 e. The van der Waals surface area contributed by atoms with Crippen molar-refractivity contribution in [1.29, 1.82) is 0 Å². The van der Waals surface area contributed by atoms with Crippen LogP contribution < -0.4 is 5.73 Å². The second-order valence-corrected chi connectivity index (χ2v) is 6.24. The minimum atomic E-state index is 0.152. The van der Waals surface area contributed by atoms with Crippen LogP contribution in [0.15, 0.2) is 47.1 Å². The Kier molecular flexibility index (Phi) is 6.18. The van der Waals surface area contributed by atoms with Crippen molar-refractivity contribution in [2.75, 3.05) is 20.1 Å². The SMILES string of the molecule is CN(CCc1ccccn1)C(CN)c1ccc(Br)c(Cl)c1. The summed E-state index contributed by atoms with van der Waals surface area (Å²) in [5, 5.41) is 0.712. The maximum Gasteiger partial charge on any atom is 0.0551 e. The maximum absolute atomic E-state index is 6.18. The van der Waals surface area contributed by atoms with E-state index in [0.717, 1.165) is 28.7 Å². The van der Waals surface area contributed by atoms with Crippen LogP contribution in [0.1, 0.15) is 17.3 Å². The summed E-state index contributed by atoms with van der Waals surface area (Å²) in [6, 6.07) is 12.1. The van der Waals surface area contributed by atoms with Gasteiger partial charge in [-0.1, -0.05) is 23.7 Å². The van der Waals surface area contributed by atoms with Gasteiger partial charge in [0.15, 0.2) is 0 Å². The van der Waals surface area contributed by atoms with E-state index in [9.17, 15) is 0 Å². The van der Waals surface area contributed by atoms with Gasteiger partial charge in [-0.05, 0) is 52.8 Å². The van der Waals surface area contributed by atoms with Crippen LogP contribution in [0.5, 0.6) is 0 Å². The Morgan fingerprint density at radius 1 is 1.33 bits per heavy atom. The molecular weight excluding hydrogens is 350 g/mol. The molecule has 2 aromatic rings. The number of pyridine rings is 1. The molecule has 1 heterocycles. The van der Waals surface area contributed by atoms with E-state index >= 15 is 0 Å². The molecule has 21 heavy (non-hydrogen) atoms. The molecule has 0 saturated carbocycles. The van der Waals surface area contributed by atoms with Crippen LogP contribution in [-0.4, -0.2) is 30.0 Å². The zero-order valence-electron chi connectivity index (χ0n) is 12.0. The highest BCUT2D eigenvalue weighted by atomic mass is 79.9. The van der Waals surface area contributed by atoms with Crippen molar-refractivity contribution in [2.24, 2.45) is 5.73 Å². The first kappa shape index (κ1) is 16.4. The number of rotatable bonds is 6. The van der Waals surface area contributed by atoms with Crippen molar-refractivity contribution in [3.05, 3.63) is 63.3 Å². The zero-order chi connectivity index (χ0) is 15.2. The Morgan fingerprint density at radius 2 is 2.14 bits per heavy atom. The summed E-state index contributed by atoms with van der Waals surface area (Å²) in [6.45, 7) is 1.45. The normalized spacial score (nSPS) is 12.6. The van der Waals surface area contributed by atoms with Crippen LogP contribution in [0.25, 0.3) is 0 Å². The Bertz CT molecular complexity index is 577. The summed E-state index contributed by atoms with van der Waals surface area (Å²) in [6.07, 6.45) is 2.72. The summed E-state index contributed by atoms with van der Waals surface area (Å²) in [5.74, 6) is 0. The summed E-state index contributed by atoms with van der Waals surface area (Å²) in [5.41, 5.74) is 8.18. The molecule has 1 aromatic carbocycles. The lowest BCUT2D eigenvalue weighted by Crippen LogP contribution is -2.32. The number of hydrogen-bond acceptors (Lipinski definition) is 3. The minimum Gasteiger partial charge on any atom is -0.329 e. The molecule has 1 aromatic heterocycles. The molecule has 1 atom stereocenters. The van der Waals surface area contributed by atoms with Crippen LogP contribution in [0.2, 0.25) is 5.02 Å². The van der Waals surface area contributed by atoms with Gasteiger partial charge in [0, 0.05) is 41.9 Å². The highest BCUT2D eigenvalue weighted by molar-refractivity contribution is 9.10. The number of nitrogens with two attached hydrogens (primary N) is 1. The van der Waals surface area contributed by atoms with E-state index in [1.54, 1.807) is 0 Å². The third-order valence-electron chi connectivity index (χ3n) is 3.53. The van der Waals surface area contributed by atoms with Crippen LogP contribution in [-0.2, 0) is 6.42 Å². The van der Waals surface area contributed by atoms with Crippen LogP contribution >= 0.6 is 27.5 Å². The van der Waals surface area contributed by atoms with E-state index in [-0.39, 0.29) is 6.04 Å². The number of benzene rings is 1. The first-order valence-corrected chi connectivity index (χ1v) is 8.04. The van der Waals surface area contributed by atoms with E-state index in [1.807, 2.05) is 36.5 Å². The van der Waals surface area contributed by atoms with Crippen molar-refractivity contribution in [2.45, 2.75) is 12.5 Å². The van der Waals surface area contributed by atoms with Crippen molar-refractivity contribution in [3.63, 3.8) is 0 Å². The monoisotopic (exact) mass is 367 g/mol. The van der Waals surface area contributed by atoms with E-state index < -0.39 is 0 Å². The third-order valence-corrected chi connectivity index (χ3v) is 4.76. The summed E-state index contributed by atoms with van der Waals surface area (Å²) in [7, 11) is 2.08. The molecule has 5 heteroatoms. The fraction of sp³-hybridized carbons (Fsp3) is 0.312. The van der Waals surface area contributed by atoms with Crippen LogP contribution in [0, 0.1) is 0 Å². The van der Waals surface area contributed by atoms with Crippen molar-refractivity contribution >= 4 is 27.5 Å². The van der Waals surface area contributed by atoms with Gasteiger partial charge in [0.2, 0.25) is 0 Å². The van der Waals surface area contributed by atoms with E-state index in [2.05, 4.69) is 38.9 Å². The average molecular weight is 369 g/mol. The molecule has 0 radical (unpaired) electrons. The summed E-state index contributed by atoms with van der Waals surface area (Å²) < 4.78 is 0.903. The molecule has 0 aliphatic rings. The van der Waals surface area contributed by atoms with Gasteiger partial charge >= 0.3 is 0 Å². The zero-order valence-corrected chi connectivity index (χ0v) is 14.3. The largest absolute Gasteiger partial charge is 0.329 e. The van der Waals surface area contributed by atoms with Crippen LogP contribution in [0.3, 0.4) is 0 Å². The van der Waals surface area contributed by atoms with Crippen LogP contribution in [0.4, 0.5) is 0 Å². The lowest BCUT2D eigenvalue weighted by molar-refractivity contribution is 0.252. The van der Waals surface area contributed by atoms with Crippen molar-refractivity contribution in [1.82, 2.24) is 9.88 Å². The molecule has 1 unspecified atom stereocenters. The van der Waals surface area contributed by atoms with Gasteiger partial charge in [-0.25, -0.2) is 0 Å². The third kappa shape index (κ3) is 4.51. The van der Waals surface area contributed by atoms with Gasteiger partial charge in [0.25, 0.3) is 0 Å². The minimum absolute atomic E-state index is 0.152. The Labute approximate surface area is 139 Å². The second kappa shape index (κ2) is 7.90. The van der Waals surface area contributed by atoms with Gasteiger partial charge < -0.3 is 5.73 Å². The summed E-state index contributed by atoms with van der Waals surface area (Å²) in [4.78, 5) is 6.59. The lowest BCUT2D eigenvalue weighted by Gasteiger charge is -2.27. The molecule has 0 amide bonds. The Balaban J connectivity index is 2.04. The fourth-order valence-electron chi connectivity index (χ4n) is 2.28. The number of hydrogen-bond donors (Lipinski definition) is 1. The highest BCUT2D eigenvalue weighted by Crippen LogP contribution is 2.27. The quantitative estimate of drug-likeness (QED) is 0.846. The molecule has 0 aliphatic heterocycles. The molecule has 0 bridgehead atoms. The Morgan fingerprint density at radius 3 is 2.76 bits per heavy atom. The van der Waals surface area contributed by atoms with E-state index in [0.29, 0.717) is 11.6 Å². The van der Waals surface area contributed by atoms with Crippen molar-refractivity contribution in [3.8, 4) is 0 Å². The average Bonchev–Trinajstić information content (AvgIpc) is 2.50. The fourth-order valence-corrected chi connectivity index (χ4v) is 2.72. The molecule has 0 spiro atoms. The standard InChI is InChI=1S/C16H19BrClN3/c1-21(9-7-13-4-2-3-8-20-13)16(11-19)12-5-6-14(17)15(18)10-12/h2-6,8,10,16H,7,9,11,19H2,1H3. The van der Waals surface area contributed by atoms with Gasteiger partial charge in [0.05, 0.1) is 5.02 Å². The lowest BCUT2D eigenvalue weighted by atomic mass is 10.1. The molecule has 2 N–H and O–H groups in total. The maximum atomic E-state index is 6.18. The molecule has 0 fully saturated rings. The van der Waals surface area contributed by atoms with Gasteiger partial charge in [0.1, 0.15) is 0 Å². The second-order valence-electron chi connectivity index (χ2n) is 4.98. The molecule has 112 valence electrons. The number of likely N-dealkylation sites (N-methyl/N-ethyl adjacent to an activating group) is 1. The summed E-state index contributed by atoms with van der Waals surface area (Å²) >= 11 is 9.59. The first-order chi connectivity index (χ1) is 10.1. The predicted octanol–water partition coefficient (Wildman–Crippen LogP) is 3.67. The molecule has 2 rings (SSSR count). The molecule has 0 aliphatic carbocycles. The number of nitrogens with zero attached hydrogens (tertiary/aromatic N) is 2. The van der Waals surface area contributed by atoms with E-state index in [1.165, 1.54) is 0 Å². The molecule has 3 nitrogen and oxygen atoms in total. The van der Waals surface area contributed by atoms with E-state index in [4.69, 9.17) is 17.3 Å². The predicted molar refractivity (Wildman–Crippen MR) is 91.5 cm³/mol. The molecular formula is C16H19BrClN3. The highest BCUT2D eigenvalue weighted by Gasteiger charge is 2.16. The van der Waals surface area contributed by atoms with Gasteiger partial charge in [-0.15, -0.1) is 0 Å². The van der Waals surface area contributed by atoms with Gasteiger partial charge in [-0.3, -0.25) is 9.88 Å². The number of halogens is 2. The molecule has 0 saturated heterocycles. The number of aromatic nitrogens is 1. The van der Waals surface area contributed by atoms with Gasteiger partial charge in [-0.2, -0.15) is 0 Å². The first-order valence-electron chi connectivity index (χ1n) is 6.87.